The van der Waals surface area contributed by atoms with Gasteiger partial charge in [0.15, 0.2) is 0 Å². The number of nitrogens with two attached hydrogens (primary N) is 1. The molecule has 0 spiro atoms. The summed E-state index contributed by atoms with van der Waals surface area (Å²) in [6.45, 7) is 7.28. The molecule has 0 rings (SSSR count). The van der Waals surface area contributed by atoms with Gasteiger partial charge in [-0.3, -0.25) is 0 Å². The summed E-state index contributed by atoms with van der Waals surface area (Å²) in [6, 6.07) is 0. The summed E-state index contributed by atoms with van der Waals surface area (Å²) < 4.78 is 0. The molecule has 0 aromatic heterocycles. The van der Waals surface area contributed by atoms with E-state index in [0.29, 0.717) is 11.0 Å². The van der Waals surface area contributed by atoms with Crippen molar-refractivity contribution in [2.45, 2.75) is 27.7 Å². The van der Waals surface area contributed by atoms with Gasteiger partial charge >= 0.3 is 0 Å². The molecule has 2 N–H and O–H groups in total. The minimum absolute atomic E-state index is 0.384. The Morgan fingerprint density at radius 3 is 1.70 bits per heavy atom. The van der Waals surface area contributed by atoms with Crippen LogP contribution in [0.15, 0.2) is 10.2 Å². The molecular formula is C6H14ClN3. The van der Waals surface area contributed by atoms with Crippen LogP contribution in [-0.4, -0.2) is 11.0 Å². The van der Waals surface area contributed by atoms with E-state index in [1.807, 2.05) is 13.8 Å². The van der Waals surface area contributed by atoms with E-state index in [-0.39, 0.29) is 0 Å². The zero-order chi connectivity index (χ0) is 8.57. The average Bonchev–Trinajstić information content (AvgIpc) is 1.89. The Morgan fingerprint density at radius 1 is 1.20 bits per heavy atom. The van der Waals surface area contributed by atoms with Crippen LogP contribution < -0.4 is 5.73 Å². The molecule has 0 saturated carbocycles. The van der Waals surface area contributed by atoms with Gasteiger partial charge in [0.2, 0.25) is 0 Å². The third kappa shape index (κ3) is 15.7. The Kier molecular flexibility index (Phi) is 10.2. The van der Waals surface area contributed by atoms with Gasteiger partial charge in [0.25, 0.3) is 0 Å². The summed E-state index contributed by atoms with van der Waals surface area (Å²) in [5, 5.41) is 7.33. The Hall–Kier alpha value is -0.570. The van der Waals surface area contributed by atoms with E-state index in [1.165, 1.54) is 0 Å². The van der Waals surface area contributed by atoms with Gasteiger partial charge in [-0.1, -0.05) is 25.4 Å². The van der Waals surface area contributed by atoms with Crippen LogP contribution in [0.4, 0.5) is 0 Å². The van der Waals surface area contributed by atoms with E-state index in [1.54, 1.807) is 13.8 Å². The number of halogens is 1. The van der Waals surface area contributed by atoms with E-state index >= 15 is 0 Å². The Morgan fingerprint density at radius 2 is 1.60 bits per heavy atom. The summed E-state index contributed by atoms with van der Waals surface area (Å²) in [5.41, 5.74) is 5.12. The van der Waals surface area contributed by atoms with Gasteiger partial charge in [0.05, 0.1) is 0 Å². The molecular weight excluding hydrogens is 150 g/mol. The van der Waals surface area contributed by atoms with Crippen molar-refractivity contribution >= 4 is 22.6 Å². The molecule has 0 bridgehead atoms. The van der Waals surface area contributed by atoms with Gasteiger partial charge < -0.3 is 5.73 Å². The molecule has 0 aromatic carbocycles. The second kappa shape index (κ2) is 8.43. The van der Waals surface area contributed by atoms with Crippen molar-refractivity contribution in [2.24, 2.45) is 15.9 Å². The summed E-state index contributed by atoms with van der Waals surface area (Å²) in [6.07, 6.45) is 0. The van der Waals surface area contributed by atoms with Crippen molar-refractivity contribution in [3.05, 3.63) is 0 Å². The predicted molar refractivity (Wildman–Crippen MR) is 47.6 cm³/mol. The molecule has 4 heteroatoms. The third-order valence-electron chi connectivity index (χ3n) is 0.346. The van der Waals surface area contributed by atoms with Crippen molar-refractivity contribution < 1.29 is 0 Å². The maximum atomic E-state index is 5.31. The van der Waals surface area contributed by atoms with Crippen molar-refractivity contribution in [3.63, 3.8) is 0 Å². The largest absolute Gasteiger partial charge is 0.386 e. The van der Waals surface area contributed by atoms with Gasteiger partial charge in [-0.15, -0.1) is 10.2 Å². The average molecular weight is 164 g/mol. The monoisotopic (exact) mass is 163 g/mol. The highest BCUT2D eigenvalue weighted by Crippen LogP contribution is 1.83. The standard InChI is InChI=1S/C4H8ClN3.C2H6/c1-3(5)7-8-4(2)6;1-2/h1-2H3,(H2,6,8);1-2H3/b7-3+;. The van der Waals surface area contributed by atoms with E-state index in [2.05, 4.69) is 10.2 Å². The molecule has 0 unspecified atom stereocenters. The number of amidine groups is 1. The van der Waals surface area contributed by atoms with E-state index < -0.39 is 0 Å². The first kappa shape index (κ1) is 12.1. The molecule has 3 nitrogen and oxygen atoms in total. The quantitative estimate of drug-likeness (QED) is 0.359. The predicted octanol–water partition coefficient (Wildman–Crippen LogP) is 1.96. The lowest BCUT2D eigenvalue weighted by Gasteiger charge is -1.81. The lowest BCUT2D eigenvalue weighted by Crippen LogP contribution is -2.03. The zero-order valence-corrected chi connectivity index (χ0v) is 7.61. The molecule has 0 atom stereocenters. The van der Waals surface area contributed by atoms with Crippen LogP contribution in [-0.2, 0) is 0 Å². The summed E-state index contributed by atoms with van der Waals surface area (Å²) >= 11 is 5.31. The molecule has 0 aliphatic carbocycles. The second-order valence-electron chi connectivity index (χ2n) is 1.34. The van der Waals surface area contributed by atoms with Gasteiger partial charge in [0.1, 0.15) is 11.0 Å². The second-order valence-corrected chi connectivity index (χ2v) is 1.89. The zero-order valence-electron chi connectivity index (χ0n) is 6.85. The van der Waals surface area contributed by atoms with Crippen LogP contribution in [0.1, 0.15) is 27.7 Å². The van der Waals surface area contributed by atoms with Crippen molar-refractivity contribution in [3.8, 4) is 0 Å². The van der Waals surface area contributed by atoms with Crippen LogP contribution in [0.3, 0.4) is 0 Å². The highest BCUT2D eigenvalue weighted by molar-refractivity contribution is 6.64. The van der Waals surface area contributed by atoms with Crippen LogP contribution in [0.5, 0.6) is 0 Å². The first-order valence-electron chi connectivity index (χ1n) is 3.12. The number of hydrogen-bond donors (Lipinski definition) is 1. The molecule has 0 aliphatic rings. The molecule has 10 heavy (non-hydrogen) atoms. The molecule has 0 heterocycles. The number of rotatable bonds is 1. The number of nitrogens with zero attached hydrogens (tertiary/aromatic N) is 2. The molecule has 0 fully saturated rings. The minimum atomic E-state index is 0.384. The maximum absolute atomic E-state index is 5.31. The summed E-state index contributed by atoms with van der Waals surface area (Å²) in [5.74, 6) is 0.407. The normalized spacial score (nSPS) is 12.1. The van der Waals surface area contributed by atoms with E-state index in [9.17, 15) is 0 Å². The van der Waals surface area contributed by atoms with Crippen molar-refractivity contribution in [2.75, 3.05) is 0 Å². The fourth-order valence-electron chi connectivity index (χ4n) is 0.148. The Bertz CT molecular complexity index is 105. The van der Waals surface area contributed by atoms with Gasteiger partial charge in [0, 0.05) is 0 Å². The van der Waals surface area contributed by atoms with E-state index in [0.717, 1.165) is 0 Å². The third-order valence-corrected chi connectivity index (χ3v) is 0.421. The highest BCUT2D eigenvalue weighted by atomic mass is 35.5. The Balaban J connectivity index is 0. The molecule has 0 radical (unpaired) electrons. The molecule has 0 aromatic rings. The first-order chi connectivity index (χ1) is 4.63. The van der Waals surface area contributed by atoms with Gasteiger partial charge in [-0.2, -0.15) is 0 Å². The van der Waals surface area contributed by atoms with Crippen LogP contribution >= 0.6 is 11.6 Å². The fraction of sp³-hybridized carbons (Fsp3) is 0.667. The lowest BCUT2D eigenvalue weighted by atomic mass is 10.7. The molecule has 0 aliphatic heterocycles. The molecule has 0 amide bonds. The van der Waals surface area contributed by atoms with Crippen molar-refractivity contribution in [1.29, 1.82) is 0 Å². The molecule has 0 saturated heterocycles. The fourth-order valence-corrected chi connectivity index (χ4v) is 0.186. The van der Waals surface area contributed by atoms with Crippen LogP contribution in [0, 0.1) is 0 Å². The van der Waals surface area contributed by atoms with Crippen molar-refractivity contribution in [1.82, 2.24) is 0 Å². The number of hydrogen-bond acceptors (Lipinski definition) is 2. The van der Waals surface area contributed by atoms with Gasteiger partial charge in [-0.05, 0) is 13.8 Å². The van der Waals surface area contributed by atoms with Crippen LogP contribution in [0.2, 0.25) is 0 Å². The van der Waals surface area contributed by atoms with Crippen LogP contribution in [0.25, 0.3) is 0 Å². The minimum Gasteiger partial charge on any atom is -0.386 e. The SMILES string of the molecule is C/C(N)=N\N=C(/C)Cl.CC. The summed E-state index contributed by atoms with van der Waals surface area (Å²) in [7, 11) is 0. The lowest BCUT2D eigenvalue weighted by molar-refractivity contribution is 1.22. The van der Waals surface area contributed by atoms with Gasteiger partial charge in [-0.25, -0.2) is 0 Å². The Labute approximate surface area is 67.0 Å². The molecule has 60 valence electrons. The van der Waals surface area contributed by atoms with E-state index in [4.69, 9.17) is 17.3 Å². The summed E-state index contributed by atoms with van der Waals surface area (Å²) in [4.78, 5) is 0. The topological polar surface area (TPSA) is 50.7 Å². The highest BCUT2D eigenvalue weighted by Gasteiger charge is 1.76. The first-order valence-corrected chi connectivity index (χ1v) is 3.50. The smallest absolute Gasteiger partial charge is 0.125 e. The maximum Gasteiger partial charge on any atom is 0.125 e.